The normalized spacial score (nSPS) is 33.4. The van der Waals surface area contributed by atoms with Gasteiger partial charge in [0.05, 0.1) is 17.1 Å². The molecule has 5 heteroatoms. The summed E-state index contributed by atoms with van der Waals surface area (Å²) in [5, 5.41) is 5.65. The molecule has 2 aliphatic rings. The van der Waals surface area contributed by atoms with Crippen molar-refractivity contribution in [1.82, 2.24) is 10.4 Å². The van der Waals surface area contributed by atoms with Crippen molar-refractivity contribution in [3.8, 4) is 0 Å². The van der Waals surface area contributed by atoms with E-state index in [4.69, 9.17) is 9.83 Å². The Morgan fingerprint density at radius 2 is 1.86 bits per heavy atom. The van der Waals surface area contributed by atoms with Crippen LogP contribution in [0.15, 0.2) is 4.99 Å². The minimum absolute atomic E-state index is 0.0305. The van der Waals surface area contributed by atoms with Crippen LogP contribution in [0.25, 0.3) is 0 Å². The lowest BCUT2D eigenvalue weighted by Crippen LogP contribution is -2.71. The number of fused-ring (bicyclic) bond motifs is 1. The zero-order valence-corrected chi connectivity index (χ0v) is 15.3. The van der Waals surface area contributed by atoms with Crippen molar-refractivity contribution in [1.29, 1.82) is 0 Å². The van der Waals surface area contributed by atoms with Gasteiger partial charge in [-0.25, -0.2) is 0 Å². The standard InChI is InChI=1S/C17H31N3O2/c1-11-9-15(3,4)19-13-10-16(5,6)20(22-12(2)21)17(7,8)14(13)18-11/h13-14,19H,9-10H2,1-8H3/t13-,14+/m1/s1. The molecule has 0 radical (unpaired) electrons. The molecule has 2 atom stereocenters. The molecular weight excluding hydrogens is 278 g/mol. The number of hydrogen-bond acceptors (Lipinski definition) is 5. The number of rotatable bonds is 1. The molecule has 2 aliphatic heterocycles. The van der Waals surface area contributed by atoms with Crippen LogP contribution in [0.4, 0.5) is 0 Å². The highest BCUT2D eigenvalue weighted by molar-refractivity contribution is 5.83. The van der Waals surface area contributed by atoms with Crippen LogP contribution in [0, 0.1) is 0 Å². The van der Waals surface area contributed by atoms with Crippen LogP contribution < -0.4 is 5.32 Å². The first-order valence-electron chi connectivity index (χ1n) is 8.15. The lowest BCUT2D eigenvalue weighted by Gasteiger charge is -2.56. The van der Waals surface area contributed by atoms with Gasteiger partial charge < -0.3 is 10.2 Å². The SMILES string of the molecule is CC(=O)ON1C(C)(C)C[C@H]2NC(C)(C)CC(C)=N[C@@H]2C1(C)C. The Morgan fingerprint density at radius 1 is 1.27 bits per heavy atom. The number of piperidine rings is 1. The highest BCUT2D eigenvalue weighted by Crippen LogP contribution is 2.42. The van der Waals surface area contributed by atoms with E-state index in [9.17, 15) is 4.79 Å². The first-order valence-corrected chi connectivity index (χ1v) is 8.15. The summed E-state index contributed by atoms with van der Waals surface area (Å²) in [5.41, 5.74) is 0.573. The molecule has 0 unspecified atom stereocenters. The van der Waals surface area contributed by atoms with Gasteiger partial charge in [0, 0.05) is 30.6 Å². The molecule has 126 valence electrons. The van der Waals surface area contributed by atoms with E-state index >= 15 is 0 Å². The molecule has 2 rings (SSSR count). The molecule has 0 aromatic rings. The molecule has 0 aromatic carbocycles. The first-order chi connectivity index (χ1) is 9.85. The maximum atomic E-state index is 11.6. The molecular formula is C17H31N3O2. The molecule has 5 nitrogen and oxygen atoms in total. The van der Waals surface area contributed by atoms with Crippen molar-refractivity contribution in [2.75, 3.05) is 0 Å². The Labute approximate surface area is 134 Å². The third-order valence-electron chi connectivity index (χ3n) is 4.75. The van der Waals surface area contributed by atoms with Crippen molar-refractivity contribution in [3.63, 3.8) is 0 Å². The van der Waals surface area contributed by atoms with Crippen molar-refractivity contribution in [2.45, 2.75) is 96.9 Å². The van der Waals surface area contributed by atoms with E-state index in [0.717, 1.165) is 18.6 Å². The fraction of sp³-hybridized carbons (Fsp3) is 0.882. The molecule has 22 heavy (non-hydrogen) atoms. The van der Waals surface area contributed by atoms with Gasteiger partial charge in [-0.2, -0.15) is 0 Å². The van der Waals surface area contributed by atoms with E-state index in [1.807, 2.05) is 5.06 Å². The Morgan fingerprint density at radius 3 is 2.41 bits per heavy atom. The molecule has 0 saturated carbocycles. The average Bonchev–Trinajstić information content (AvgIpc) is 2.39. The predicted octanol–water partition coefficient (Wildman–Crippen LogP) is 2.70. The van der Waals surface area contributed by atoms with Gasteiger partial charge in [-0.1, -0.05) is 0 Å². The zero-order chi connectivity index (χ0) is 16.9. The van der Waals surface area contributed by atoms with Crippen LogP contribution in [-0.2, 0) is 9.63 Å². The minimum Gasteiger partial charge on any atom is -0.367 e. The molecule has 0 bridgehead atoms. The number of carbonyl (C=O) groups excluding carboxylic acids is 1. The predicted molar refractivity (Wildman–Crippen MR) is 88.9 cm³/mol. The molecule has 1 N–H and O–H groups in total. The van der Waals surface area contributed by atoms with Crippen LogP contribution in [0.1, 0.15) is 68.2 Å². The van der Waals surface area contributed by atoms with Crippen LogP contribution >= 0.6 is 0 Å². The van der Waals surface area contributed by atoms with E-state index in [-0.39, 0.29) is 34.7 Å². The summed E-state index contributed by atoms with van der Waals surface area (Å²) in [6.07, 6.45) is 1.82. The summed E-state index contributed by atoms with van der Waals surface area (Å²) < 4.78 is 0. The molecule has 0 aliphatic carbocycles. The number of carbonyl (C=O) groups is 1. The summed E-state index contributed by atoms with van der Waals surface area (Å²) in [7, 11) is 0. The Hall–Kier alpha value is -0.940. The molecule has 1 saturated heterocycles. The van der Waals surface area contributed by atoms with Gasteiger partial charge in [0.1, 0.15) is 0 Å². The topological polar surface area (TPSA) is 53.9 Å². The van der Waals surface area contributed by atoms with Crippen LogP contribution in [0.5, 0.6) is 0 Å². The van der Waals surface area contributed by atoms with Crippen LogP contribution in [0.2, 0.25) is 0 Å². The number of nitrogens with one attached hydrogen (secondary N) is 1. The second-order valence-corrected chi connectivity index (χ2v) is 8.67. The maximum absolute atomic E-state index is 11.6. The molecule has 1 fully saturated rings. The van der Waals surface area contributed by atoms with Gasteiger partial charge in [-0.3, -0.25) is 9.79 Å². The zero-order valence-electron chi connectivity index (χ0n) is 15.3. The van der Waals surface area contributed by atoms with Gasteiger partial charge in [-0.05, 0) is 54.9 Å². The number of hydrogen-bond donors (Lipinski definition) is 1. The summed E-state index contributed by atoms with van der Waals surface area (Å²) in [6, 6.07) is 0.325. The number of nitrogens with zero attached hydrogens (tertiary/aromatic N) is 2. The van der Waals surface area contributed by atoms with Gasteiger partial charge in [0.2, 0.25) is 0 Å². The third kappa shape index (κ3) is 3.20. The van der Waals surface area contributed by atoms with E-state index in [2.05, 4.69) is 53.8 Å². The highest BCUT2D eigenvalue weighted by atomic mass is 16.7. The molecule has 0 aromatic heterocycles. The summed E-state index contributed by atoms with van der Waals surface area (Å²) in [4.78, 5) is 22.2. The van der Waals surface area contributed by atoms with Crippen molar-refractivity contribution in [3.05, 3.63) is 0 Å². The van der Waals surface area contributed by atoms with Gasteiger partial charge in [0.25, 0.3) is 0 Å². The van der Waals surface area contributed by atoms with Crippen molar-refractivity contribution < 1.29 is 9.63 Å². The van der Waals surface area contributed by atoms with Gasteiger partial charge >= 0.3 is 5.97 Å². The third-order valence-corrected chi connectivity index (χ3v) is 4.75. The maximum Gasteiger partial charge on any atom is 0.322 e. The minimum atomic E-state index is -0.368. The second-order valence-electron chi connectivity index (χ2n) is 8.67. The first kappa shape index (κ1) is 17.4. The van der Waals surface area contributed by atoms with Crippen molar-refractivity contribution in [2.24, 2.45) is 4.99 Å². The van der Waals surface area contributed by atoms with E-state index in [1.54, 1.807) is 0 Å². The Balaban J connectivity index is 2.44. The Bertz CT molecular complexity index is 494. The van der Waals surface area contributed by atoms with Crippen LogP contribution in [-0.4, -0.2) is 45.4 Å². The number of hydroxylamine groups is 2. The van der Waals surface area contributed by atoms with E-state index in [0.29, 0.717) is 0 Å². The lowest BCUT2D eigenvalue weighted by atomic mass is 9.75. The lowest BCUT2D eigenvalue weighted by molar-refractivity contribution is -0.270. The quantitative estimate of drug-likeness (QED) is 0.809. The van der Waals surface area contributed by atoms with Crippen molar-refractivity contribution >= 4 is 11.7 Å². The summed E-state index contributed by atoms with van der Waals surface area (Å²) in [6.45, 7) is 16.5. The molecule has 0 spiro atoms. The van der Waals surface area contributed by atoms with Crippen LogP contribution in [0.3, 0.4) is 0 Å². The monoisotopic (exact) mass is 309 g/mol. The summed E-state index contributed by atoms with van der Waals surface area (Å²) >= 11 is 0. The number of aliphatic imine (C=N–C) groups is 1. The Kier molecular flexibility index (Phi) is 4.20. The molecule has 0 amide bonds. The molecule has 2 heterocycles. The largest absolute Gasteiger partial charge is 0.367 e. The van der Waals surface area contributed by atoms with Gasteiger partial charge in [-0.15, -0.1) is 5.06 Å². The smallest absolute Gasteiger partial charge is 0.322 e. The average molecular weight is 309 g/mol. The summed E-state index contributed by atoms with van der Waals surface area (Å²) in [5.74, 6) is -0.276. The fourth-order valence-corrected chi connectivity index (χ4v) is 4.35. The van der Waals surface area contributed by atoms with E-state index < -0.39 is 0 Å². The second kappa shape index (κ2) is 5.31. The fourth-order valence-electron chi connectivity index (χ4n) is 4.35. The highest BCUT2D eigenvalue weighted by Gasteiger charge is 2.55. The van der Waals surface area contributed by atoms with Gasteiger partial charge in [0.15, 0.2) is 0 Å². The van der Waals surface area contributed by atoms with E-state index in [1.165, 1.54) is 6.92 Å².